The first-order chi connectivity index (χ1) is 15.6. The zero-order valence-electron chi connectivity index (χ0n) is 19.8. The Labute approximate surface area is 197 Å². The highest BCUT2D eigenvalue weighted by Crippen LogP contribution is 2.35. The van der Waals surface area contributed by atoms with Crippen LogP contribution in [0, 0.1) is 0 Å². The predicted octanol–water partition coefficient (Wildman–Crippen LogP) is 4.69. The van der Waals surface area contributed by atoms with E-state index in [0.29, 0.717) is 39.0 Å². The number of rotatable bonds is 7. The van der Waals surface area contributed by atoms with Gasteiger partial charge in [0.15, 0.2) is 0 Å². The van der Waals surface area contributed by atoms with Gasteiger partial charge in [0.05, 0.1) is 12.3 Å². The summed E-state index contributed by atoms with van der Waals surface area (Å²) in [5.41, 5.74) is 2.55. The van der Waals surface area contributed by atoms with Gasteiger partial charge in [-0.05, 0) is 28.5 Å². The van der Waals surface area contributed by atoms with Gasteiger partial charge in [-0.15, -0.1) is 0 Å². The zero-order chi connectivity index (χ0) is 23.7. The molecule has 0 aliphatic carbocycles. The molecule has 0 atom stereocenters. The Morgan fingerprint density at radius 3 is 2.21 bits per heavy atom. The fourth-order valence-corrected chi connectivity index (χ4v) is 6.14. The molecule has 0 unspecified atom stereocenters. The number of ether oxygens (including phenoxy) is 1. The molecule has 2 aromatic rings. The number of piperidine rings is 1. The third kappa shape index (κ3) is 5.25. The second-order valence-electron chi connectivity index (χ2n) is 9.98. The van der Waals surface area contributed by atoms with E-state index >= 15 is 0 Å². The highest BCUT2D eigenvalue weighted by atomic mass is 32.2. The van der Waals surface area contributed by atoms with Crippen LogP contribution in [0.25, 0.3) is 0 Å². The molecule has 7 heteroatoms. The molecule has 0 N–H and O–H groups in total. The van der Waals surface area contributed by atoms with Crippen molar-refractivity contribution in [1.29, 1.82) is 0 Å². The Bertz CT molecular complexity index is 1070. The van der Waals surface area contributed by atoms with Gasteiger partial charge in [-0.3, -0.25) is 4.90 Å². The molecule has 2 fully saturated rings. The maximum atomic E-state index is 13.1. The van der Waals surface area contributed by atoms with Crippen LogP contribution in [0.5, 0.6) is 0 Å². The number of carbonyl (C=O) groups is 1. The Balaban J connectivity index is 1.35. The van der Waals surface area contributed by atoms with Crippen molar-refractivity contribution in [2.45, 2.75) is 63.3 Å². The van der Waals surface area contributed by atoms with Gasteiger partial charge in [-0.2, -0.15) is 0 Å². The molecule has 2 aliphatic heterocycles. The summed E-state index contributed by atoms with van der Waals surface area (Å²) in [5, 5.41) is 0. The lowest BCUT2D eigenvalue weighted by molar-refractivity contribution is 0.0172. The smallest absolute Gasteiger partial charge is 0.410 e. The molecule has 2 aromatic carbocycles. The van der Waals surface area contributed by atoms with Gasteiger partial charge in [-0.1, -0.05) is 75.4 Å². The van der Waals surface area contributed by atoms with Gasteiger partial charge in [0.2, 0.25) is 10.0 Å². The molecule has 6 nitrogen and oxygen atoms in total. The number of sulfonamides is 1. The molecule has 2 saturated heterocycles. The van der Waals surface area contributed by atoms with Crippen molar-refractivity contribution in [3.63, 3.8) is 0 Å². The molecule has 1 amide bonds. The van der Waals surface area contributed by atoms with Crippen molar-refractivity contribution < 1.29 is 17.9 Å². The van der Waals surface area contributed by atoms with E-state index in [1.807, 2.05) is 54.6 Å². The molecule has 0 saturated carbocycles. The molecule has 178 valence electrons. The van der Waals surface area contributed by atoms with Crippen molar-refractivity contribution in [3.05, 3.63) is 71.3 Å². The van der Waals surface area contributed by atoms with Gasteiger partial charge in [0.25, 0.3) is 0 Å². The summed E-state index contributed by atoms with van der Waals surface area (Å²) >= 11 is 0. The van der Waals surface area contributed by atoms with Crippen LogP contribution < -0.4 is 0 Å². The Kier molecular flexibility index (Phi) is 6.56. The number of nitrogens with zero attached hydrogens (tertiary/aromatic N) is 2. The average Bonchev–Trinajstić information content (AvgIpc) is 3.09. The first-order valence-corrected chi connectivity index (χ1v) is 13.3. The summed E-state index contributed by atoms with van der Waals surface area (Å²) in [6.45, 7) is 8.30. The van der Waals surface area contributed by atoms with E-state index in [0.717, 1.165) is 17.5 Å². The molecule has 4 rings (SSSR count). The van der Waals surface area contributed by atoms with Crippen molar-refractivity contribution in [3.8, 4) is 0 Å². The standard InChI is InChI=1S/C26H34N2O4S/c1-4-25(2,3)23-12-10-22(11-13-23)19-33(30,31)28-16-14-26(15-17-28)20-27(24(29)32-26)18-21-8-6-5-7-9-21/h5-13H,4,14-20H2,1-3H3. The summed E-state index contributed by atoms with van der Waals surface area (Å²) in [7, 11) is -3.43. The fraction of sp³-hybridized carbons (Fsp3) is 0.500. The Morgan fingerprint density at radius 1 is 0.970 bits per heavy atom. The van der Waals surface area contributed by atoms with Crippen LogP contribution in [0.3, 0.4) is 0 Å². The monoisotopic (exact) mass is 470 g/mol. The van der Waals surface area contributed by atoms with Gasteiger partial charge in [0.1, 0.15) is 5.60 Å². The predicted molar refractivity (Wildman–Crippen MR) is 129 cm³/mol. The third-order valence-corrected chi connectivity index (χ3v) is 9.10. The van der Waals surface area contributed by atoms with Crippen LogP contribution in [0.2, 0.25) is 0 Å². The minimum atomic E-state index is -3.43. The summed E-state index contributed by atoms with van der Waals surface area (Å²) < 4.78 is 33.5. The van der Waals surface area contributed by atoms with Crippen molar-refractivity contribution in [1.82, 2.24) is 9.21 Å². The summed E-state index contributed by atoms with van der Waals surface area (Å²) in [5.74, 6) is -0.00719. The molecule has 2 heterocycles. The van der Waals surface area contributed by atoms with Gasteiger partial charge < -0.3 is 4.74 Å². The third-order valence-electron chi connectivity index (χ3n) is 7.25. The number of benzene rings is 2. The van der Waals surface area contributed by atoms with E-state index in [4.69, 9.17) is 4.74 Å². The van der Waals surface area contributed by atoms with E-state index < -0.39 is 15.6 Å². The lowest BCUT2D eigenvalue weighted by atomic mass is 9.82. The van der Waals surface area contributed by atoms with Crippen molar-refractivity contribution >= 4 is 16.1 Å². The summed E-state index contributed by atoms with van der Waals surface area (Å²) in [6, 6.07) is 17.8. The molecular weight excluding hydrogens is 436 g/mol. The van der Waals surface area contributed by atoms with Crippen LogP contribution in [0.15, 0.2) is 54.6 Å². The van der Waals surface area contributed by atoms with E-state index in [-0.39, 0.29) is 17.3 Å². The van der Waals surface area contributed by atoms with Crippen molar-refractivity contribution in [2.75, 3.05) is 19.6 Å². The van der Waals surface area contributed by atoms with Gasteiger partial charge >= 0.3 is 6.09 Å². The maximum Gasteiger partial charge on any atom is 0.410 e. The van der Waals surface area contributed by atoms with E-state index in [1.54, 1.807) is 9.21 Å². The number of amides is 1. The van der Waals surface area contributed by atoms with Gasteiger partial charge in [-0.25, -0.2) is 17.5 Å². The minimum Gasteiger partial charge on any atom is -0.441 e. The molecule has 0 radical (unpaired) electrons. The number of hydrogen-bond donors (Lipinski definition) is 0. The largest absolute Gasteiger partial charge is 0.441 e. The molecule has 1 spiro atoms. The fourth-order valence-electron chi connectivity index (χ4n) is 4.61. The van der Waals surface area contributed by atoms with Crippen LogP contribution >= 0.6 is 0 Å². The summed E-state index contributed by atoms with van der Waals surface area (Å²) in [6.07, 6.45) is 1.75. The van der Waals surface area contributed by atoms with E-state index in [2.05, 4.69) is 20.8 Å². The first-order valence-electron chi connectivity index (χ1n) is 11.7. The highest BCUT2D eigenvalue weighted by Gasteiger charge is 2.48. The molecular formula is C26H34N2O4S. The summed E-state index contributed by atoms with van der Waals surface area (Å²) in [4.78, 5) is 14.2. The molecule has 33 heavy (non-hydrogen) atoms. The second kappa shape index (κ2) is 9.11. The van der Waals surface area contributed by atoms with Gasteiger partial charge in [0, 0.05) is 32.5 Å². The molecule has 0 bridgehead atoms. The lowest BCUT2D eigenvalue weighted by Crippen LogP contribution is -2.48. The topological polar surface area (TPSA) is 66.9 Å². The zero-order valence-corrected chi connectivity index (χ0v) is 20.6. The van der Waals surface area contributed by atoms with E-state index in [1.165, 1.54) is 5.56 Å². The van der Waals surface area contributed by atoms with Crippen molar-refractivity contribution in [2.24, 2.45) is 0 Å². The average molecular weight is 471 g/mol. The van der Waals surface area contributed by atoms with Crippen LogP contribution in [0.1, 0.15) is 56.7 Å². The van der Waals surface area contributed by atoms with Crippen LogP contribution in [-0.4, -0.2) is 49.0 Å². The van der Waals surface area contributed by atoms with Crippen LogP contribution in [-0.2, 0) is 32.5 Å². The lowest BCUT2D eigenvalue weighted by Gasteiger charge is -2.36. The normalized spacial score (nSPS) is 19.1. The Morgan fingerprint density at radius 2 is 1.61 bits per heavy atom. The number of hydrogen-bond acceptors (Lipinski definition) is 4. The molecule has 2 aliphatic rings. The SMILES string of the molecule is CCC(C)(C)c1ccc(CS(=O)(=O)N2CCC3(CC2)CN(Cc2ccccc2)C(=O)O3)cc1. The molecule has 0 aromatic heterocycles. The Hall–Kier alpha value is -2.38. The van der Waals surface area contributed by atoms with E-state index in [9.17, 15) is 13.2 Å². The van der Waals surface area contributed by atoms with Crippen LogP contribution in [0.4, 0.5) is 4.79 Å². The number of carbonyl (C=O) groups excluding carboxylic acids is 1. The maximum absolute atomic E-state index is 13.1. The quantitative estimate of drug-likeness (QED) is 0.589. The first kappa shape index (κ1) is 23.8. The minimum absolute atomic E-state index is 0.00719. The second-order valence-corrected chi connectivity index (χ2v) is 12.0. The highest BCUT2D eigenvalue weighted by molar-refractivity contribution is 7.88.